The summed E-state index contributed by atoms with van der Waals surface area (Å²) in [5.74, 6) is 1.47. The Labute approximate surface area is 229 Å². The van der Waals surface area contributed by atoms with Crippen LogP contribution in [0.1, 0.15) is 104 Å². The Morgan fingerprint density at radius 2 is 1.76 bits per heavy atom. The zero-order valence-electron chi connectivity index (χ0n) is 23.2. The van der Waals surface area contributed by atoms with Crippen LogP contribution in [0.4, 0.5) is 5.95 Å². The first-order chi connectivity index (χ1) is 18.0. The average Bonchev–Trinajstić information content (AvgIpc) is 3.59. The first-order valence-electron chi connectivity index (χ1n) is 15.0. The minimum atomic E-state index is -0.573. The molecule has 1 saturated heterocycles. The van der Waals surface area contributed by atoms with Gasteiger partial charge in [-0.2, -0.15) is 0 Å². The van der Waals surface area contributed by atoms with E-state index in [1.807, 2.05) is 6.33 Å². The van der Waals surface area contributed by atoms with Crippen LogP contribution in [0, 0.1) is 5.92 Å². The summed E-state index contributed by atoms with van der Waals surface area (Å²) in [4.78, 5) is 15.1. The molecule has 2 aliphatic carbocycles. The fourth-order valence-electron chi connectivity index (χ4n) is 6.42. The fraction of sp³-hybridized carbons (Fsp3) is 0.821. The van der Waals surface area contributed by atoms with Crippen molar-refractivity contribution in [2.75, 3.05) is 18.4 Å². The number of hydrogen-bond donors (Lipinski definition) is 2. The second-order valence-corrected chi connectivity index (χ2v) is 14.4. The molecule has 3 atom stereocenters. The number of rotatable bonds is 10. The summed E-state index contributed by atoms with van der Waals surface area (Å²) < 4.78 is 12.6. The summed E-state index contributed by atoms with van der Waals surface area (Å²) >= 11 is -0.573. The fourth-order valence-corrected chi connectivity index (χ4v) is 8.98. The molecular formula is C28H48AsN7O. The summed E-state index contributed by atoms with van der Waals surface area (Å²) in [7, 11) is 0. The molecule has 0 radical (unpaired) electrons. The van der Waals surface area contributed by atoms with Gasteiger partial charge in [-0.25, -0.2) is 0 Å². The van der Waals surface area contributed by atoms with Crippen molar-refractivity contribution in [3.8, 4) is 0 Å². The average molecular weight is 574 g/mol. The van der Waals surface area contributed by atoms with Gasteiger partial charge in [0.2, 0.25) is 0 Å². The van der Waals surface area contributed by atoms with Crippen molar-refractivity contribution in [1.29, 1.82) is 0 Å². The summed E-state index contributed by atoms with van der Waals surface area (Å²) in [5, 5.41) is 3.70. The molecule has 37 heavy (non-hydrogen) atoms. The van der Waals surface area contributed by atoms with E-state index in [9.17, 15) is 0 Å². The Bertz CT molecular complexity index is 994. The van der Waals surface area contributed by atoms with Crippen LogP contribution in [-0.4, -0.2) is 76.7 Å². The summed E-state index contributed by atoms with van der Waals surface area (Å²) in [5.41, 5.74) is 8.24. The molecule has 8 nitrogen and oxygen atoms in total. The molecule has 2 aromatic rings. The van der Waals surface area contributed by atoms with E-state index in [4.69, 9.17) is 25.4 Å². The van der Waals surface area contributed by atoms with Crippen LogP contribution in [0.15, 0.2) is 6.33 Å². The van der Waals surface area contributed by atoms with Crippen molar-refractivity contribution < 1.29 is 4.74 Å². The van der Waals surface area contributed by atoms with Gasteiger partial charge in [-0.15, -0.1) is 0 Å². The number of piperidine rings is 1. The predicted molar refractivity (Wildman–Crippen MR) is 153 cm³/mol. The van der Waals surface area contributed by atoms with E-state index in [0.29, 0.717) is 36.3 Å². The van der Waals surface area contributed by atoms with Gasteiger partial charge in [-0.3, -0.25) is 0 Å². The molecule has 3 unspecified atom stereocenters. The zero-order valence-corrected chi connectivity index (χ0v) is 25.3. The van der Waals surface area contributed by atoms with Gasteiger partial charge in [0.05, 0.1) is 0 Å². The van der Waals surface area contributed by atoms with Crippen LogP contribution in [0.3, 0.4) is 0 Å². The molecule has 3 heterocycles. The number of nitrogens with zero attached hydrogens (tertiary/aromatic N) is 5. The normalized spacial score (nSPS) is 26.4. The third kappa shape index (κ3) is 6.69. The minimum absolute atomic E-state index is 0.346. The van der Waals surface area contributed by atoms with E-state index in [-0.39, 0.29) is 0 Å². The van der Waals surface area contributed by atoms with E-state index in [1.165, 1.54) is 43.0 Å². The molecule has 3 N–H and O–H groups in total. The first-order valence-corrected chi connectivity index (χ1v) is 17.0. The van der Waals surface area contributed by atoms with Gasteiger partial charge >= 0.3 is 230 Å². The molecule has 3 aliphatic rings. The molecule has 3 fully saturated rings. The van der Waals surface area contributed by atoms with E-state index in [2.05, 4.69) is 34.5 Å². The van der Waals surface area contributed by atoms with Crippen LogP contribution in [-0.2, 0) is 4.74 Å². The van der Waals surface area contributed by atoms with Gasteiger partial charge in [0.15, 0.2) is 0 Å². The van der Waals surface area contributed by atoms with Gasteiger partial charge in [-0.05, 0) is 0 Å². The molecule has 2 saturated carbocycles. The number of fused-ring (bicyclic) bond motifs is 1. The number of imidazole rings is 1. The molecule has 0 spiro atoms. The molecular weight excluding hydrogens is 525 g/mol. The van der Waals surface area contributed by atoms with E-state index in [1.54, 1.807) is 0 Å². The van der Waals surface area contributed by atoms with Gasteiger partial charge in [0.25, 0.3) is 0 Å². The maximum absolute atomic E-state index is 6.39. The number of nitrogens with two attached hydrogens (primary N) is 1. The van der Waals surface area contributed by atoms with Crippen molar-refractivity contribution in [3.63, 3.8) is 0 Å². The molecule has 0 aromatic carbocycles. The second-order valence-electron chi connectivity index (χ2n) is 11.7. The van der Waals surface area contributed by atoms with E-state index < -0.39 is 16.0 Å². The van der Waals surface area contributed by atoms with E-state index >= 15 is 0 Å². The number of hydrogen-bond acceptors (Lipinski definition) is 7. The van der Waals surface area contributed by atoms with E-state index in [0.717, 1.165) is 68.7 Å². The third-order valence-corrected chi connectivity index (χ3v) is 11.7. The van der Waals surface area contributed by atoms with Gasteiger partial charge < -0.3 is 0 Å². The first kappa shape index (κ1) is 27.4. The Morgan fingerprint density at radius 3 is 2.43 bits per heavy atom. The molecule has 2 aromatic heterocycles. The number of anilines is 1. The number of ether oxygens (including phenoxy) is 1. The molecule has 0 bridgehead atoms. The molecule has 1 aliphatic heterocycles. The van der Waals surface area contributed by atoms with Crippen molar-refractivity contribution >= 4 is 37.6 Å². The zero-order chi connectivity index (χ0) is 25.8. The number of nitrogens with one attached hydrogen (secondary N) is 1. The maximum atomic E-state index is 6.39. The quantitative estimate of drug-likeness (QED) is 0.417. The van der Waals surface area contributed by atoms with Gasteiger partial charge in [0.1, 0.15) is 0 Å². The Morgan fingerprint density at radius 1 is 1.03 bits per heavy atom. The molecule has 0 amide bonds. The predicted octanol–water partition coefficient (Wildman–Crippen LogP) is 3.91. The summed E-state index contributed by atoms with van der Waals surface area (Å²) in [6.07, 6.45) is 16.8. The monoisotopic (exact) mass is 573 g/mol. The van der Waals surface area contributed by atoms with Crippen molar-refractivity contribution in [2.45, 2.75) is 128 Å². The van der Waals surface area contributed by atoms with Crippen LogP contribution in [0.2, 0.25) is 0 Å². The van der Waals surface area contributed by atoms with Crippen LogP contribution >= 0.6 is 0 Å². The standard InChI is InChI=1S/C28H48AsN7O/c1-4-19(3)37-24(5-2)20-14-16-35(17-15-20)29-26-25-27(36(18-31-25)23-8-6-7-9-23)34-28(33-26)32-22-12-10-21(30)11-13-22/h18-24,29H,4-17,30H2,1-3H3,(H,32,33,34)/t19?,21-,22-,24?. The second kappa shape index (κ2) is 12.8. The topological polar surface area (TPSA) is 94.1 Å². The number of aromatic nitrogens is 4. The van der Waals surface area contributed by atoms with Crippen LogP contribution < -0.4 is 15.5 Å². The summed E-state index contributed by atoms with van der Waals surface area (Å²) in [6.45, 7) is 8.99. The Kier molecular flexibility index (Phi) is 9.44. The van der Waals surface area contributed by atoms with Crippen LogP contribution in [0.25, 0.3) is 11.2 Å². The van der Waals surface area contributed by atoms with Crippen molar-refractivity contribution in [3.05, 3.63) is 6.33 Å². The SMILES string of the molecule is CCC(C)OC(CC)C1CCN([AsH]c2nc(N[C@H]3CC[C@H](N)CC3)nc3c2ncn3C2CCCC2)CC1. The molecule has 9 heteroatoms. The third-order valence-electron chi connectivity index (χ3n) is 8.96. The molecule has 206 valence electrons. The van der Waals surface area contributed by atoms with Gasteiger partial charge in [0, 0.05) is 0 Å². The molecule has 5 rings (SSSR count). The Balaban J connectivity index is 1.31. The van der Waals surface area contributed by atoms with Crippen molar-refractivity contribution in [2.24, 2.45) is 11.7 Å². The van der Waals surface area contributed by atoms with Crippen LogP contribution in [0.5, 0.6) is 0 Å². The van der Waals surface area contributed by atoms with Gasteiger partial charge in [-0.1, -0.05) is 0 Å². The Hall–Kier alpha value is -1.21. The van der Waals surface area contributed by atoms with Crippen molar-refractivity contribution in [1.82, 2.24) is 23.3 Å². The summed E-state index contributed by atoms with van der Waals surface area (Å²) in [6, 6.07) is 1.29.